The monoisotopic (exact) mass is 410 g/mol. The highest BCUT2D eigenvalue weighted by Crippen LogP contribution is 2.30. The minimum atomic E-state index is -0.312. The SMILES string of the molecule is Cc1cc(C)c(OCC(=O)NN=Cc2cccc3ccccc23)c(Br)c1. The van der Waals surface area contributed by atoms with Crippen molar-refractivity contribution in [2.45, 2.75) is 13.8 Å². The molecule has 3 aromatic rings. The lowest BCUT2D eigenvalue weighted by Crippen LogP contribution is -2.24. The fraction of sp³-hybridized carbons (Fsp3) is 0.143. The highest BCUT2D eigenvalue weighted by molar-refractivity contribution is 9.10. The van der Waals surface area contributed by atoms with E-state index in [2.05, 4.69) is 26.5 Å². The van der Waals surface area contributed by atoms with Crippen molar-refractivity contribution in [3.8, 4) is 5.75 Å². The number of carbonyl (C=O) groups excluding carboxylic acids is 1. The molecule has 0 bridgehead atoms. The van der Waals surface area contributed by atoms with Crippen LogP contribution in [0.15, 0.2) is 64.2 Å². The van der Waals surface area contributed by atoms with Gasteiger partial charge >= 0.3 is 0 Å². The predicted molar refractivity (Wildman–Crippen MR) is 109 cm³/mol. The maximum absolute atomic E-state index is 12.0. The van der Waals surface area contributed by atoms with E-state index >= 15 is 0 Å². The molecule has 4 nitrogen and oxygen atoms in total. The quantitative estimate of drug-likeness (QED) is 0.487. The summed E-state index contributed by atoms with van der Waals surface area (Å²) in [4.78, 5) is 12.0. The number of hydrogen-bond donors (Lipinski definition) is 1. The van der Waals surface area contributed by atoms with Gasteiger partial charge in [0, 0.05) is 5.56 Å². The maximum Gasteiger partial charge on any atom is 0.277 e. The number of hydrogen-bond acceptors (Lipinski definition) is 3. The van der Waals surface area contributed by atoms with Gasteiger partial charge in [0.15, 0.2) is 6.61 Å². The van der Waals surface area contributed by atoms with Crippen LogP contribution in [0.2, 0.25) is 0 Å². The third-order valence-electron chi connectivity index (χ3n) is 3.94. The van der Waals surface area contributed by atoms with Crippen molar-refractivity contribution in [3.05, 3.63) is 75.8 Å². The average Bonchev–Trinajstić information content (AvgIpc) is 2.61. The number of hydrazone groups is 1. The van der Waals surface area contributed by atoms with Crippen molar-refractivity contribution < 1.29 is 9.53 Å². The minimum absolute atomic E-state index is 0.102. The molecule has 26 heavy (non-hydrogen) atoms. The van der Waals surface area contributed by atoms with Crippen molar-refractivity contribution in [2.24, 2.45) is 5.10 Å². The largest absolute Gasteiger partial charge is 0.482 e. The van der Waals surface area contributed by atoms with Crippen LogP contribution < -0.4 is 10.2 Å². The summed E-state index contributed by atoms with van der Waals surface area (Å²) in [6.45, 7) is 3.86. The van der Waals surface area contributed by atoms with Gasteiger partial charge in [-0.05, 0) is 57.7 Å². The molecule has 0 aliphatic rings. The molecule has 0 unspecified atom stereocenters. The lowest BCUT2D eigenvalue weighted by Gasteiger charge is -2.11. The topological polar surface area (TPSA) is 50.7 Å². The van der Waals surface area contributed by atoms with Crippen LogP contribution in [0.1, 0.15) is 16.7 Å². The predicted octanol–water partition coefficient (Wildman–Crippen LogP) is 4.75. The van der Waals surface area contributed by atoms with Crippen molar-refractivity contribution in [2.75, 3.05) is 6.61 Å². The summed E-state index contributed by atoms with van der Waals surface area (Å²) in [7, 11) is 0. The fourth-order valence-electron chi connectivity index (χ4n) is 2.79. The van der Waals surface area contributed by atoms with E-state index in [0.29, 0.717) is 5.75 Å². The van der Waals surface area contributed by atoms with Crippen LogP contribution in [-0.4, -0.2) is 18.7 Å². The Morgan fingerprint density at radius 2 is 1.92 bits per heavy atom. The van der Waals surface area contributed by atoms with Crippen LogP contribution in [0.5, 0.6) is 5.75 Å². The summed E-state index contributed by atoms with van der Waals surface area (Å²) in [6, 6.07) is 18.0. The third-order valence-corrected chi connectivity index (χ3v) is 4.53. The zero-order valence-corrected chi connectivity index (χ0v) is 16.2. The summed E-state index contributed by atoms with van der Waals surface area (Å²) < 4.78 is 6.46. The Kier molecular flexibility index (Phi) is 5.68. The first kappa shape index (κ1) is 18.1. The van der Waals surface area contributed by atoms with Gasteiger partial charge in [0.25, 0.3) is 5.91 Å². The summed E-state index contributed by atoms with van der Waals surface area (Å²) >= 11 is 3.47. The molecule has 0 radical (unpaired) electrons. The first-order chi connectivity index (χ1) is 12.5. The Bertz CT molecular complexity index is 954. The standard InChI is InChI=1S/C21H19BrN2O2/c1-14-10-15(2)21(19(22)11-14)26-13-20(25)24-23-12-17-8-5-7-16-6-3-4-9-18(16)17/h3-12H,13H2,1-2H3,(H,24,25). The number of amides is 1. The molecule has 3 aromatic carbocycles. The third kappa shape index (κ3) is 4.29. The van der Waals surface area contributed by atoms with E-state index in [1.165, 1.54) is 0 Å². The van der Waals surface area contributed by atoms with E-state index in [1.807, 2.05) is 68.4 Å². The molecule has 0 saturated heterocycles. The molecular weight excluding hydrogens is 392 g/mol. The molecule has 0 atom stereocenters. The van der Waals surface area contributed by atoms with Gasteiger partial charge in [-0.1, -0.05) is 48.5 Å². The van der Waals surface area contributed by atoms with Gasteiger partial charge in [-0.3, -0.25) is 4.79 Å². The summed E-state index contributed by atoms with van der Waals surface area (Å²) in [5, 5.41) is 6.26. The van der Waals surface area contributed by atoms with Crippen LogP contribution in [0.25, 0.3) is 10.8 Å². The van der Waals surface area contributed by atoms with Crippen LogP contribution >= 0.6 is 15.9 Å². The number of ether oxygens (including phenoxy) is 1. The van der Waals surface area contributed by atoms with E-state index in [-0.39, 0.29) is 12.5 Å². The molecule has 0 saturated carbocycles. The second kappa shape index (κ2) is 8.15. The Balaban J connectivity index is 1.61. The Labute approximate surface area is 161 Å². The summed E-state index contributed by atoms with van der Waals surface area (Å²) in [5.74, 6) is 0.358. The molecule has 5 heteroatoms. The van der Waals surface area contributed by atoms with E-state index in [4.69, 9.17) is 4.74 Å². The highest BCUT2D eigenvalue weighted by atomic mass is 79.9. The van der Waals surface area contributed by atoms with Gasteiger partial charge in [0.2, 0.25) is 0 Å². The number of fused-ring (bicyclic) bond motifs is 1. The van der Waals surface area contributed by atoms with Gasteiger partial charge in [-0.15, -0.1) is 0 Å². The molecule has 3 rings (SSSR count). The molecular formula is C21H19BrN2O2. The highest BCUT2D eigenvalue weighted by Gasteiger charge is 2.09. The maximum atomic E-state index is 12.0. The second-order valence-corrected chi connectivity index (χ2v) is 6.90. The Morgan fingerprint density at radius 1 is 1.15 bits per heavy atom. The first-order valence-corrected chi connectivity index (χ1v) is 9.03. The molecule has 0 spiro atoms. The molecule has 132 valence electrons. The van der Waals surface area contributed by atoms with Crippen LogP contribution in [0, 0.1) is 13.8 Å². The zero-order chi connectivity index (χ0) is 18.5. The number of carbonyl (C=O) groups is 1. The zero-order valence-electron chi connectivity index (χ0n) is 14.6. The summed E-state index contributed by atoms with van der Waals surface area (Å²) in [5.41, 5.74) is 5.56. The Morgan fingerprint density at radius 3 is 2.73 bits per heavy atom. The van der Waals surface area contributed by atoms with Crippen LogP contribution in [0.3, 0.4) is 0 Å². The number of nitrogens with one attached hydrogen (secondary N) is 1. The Hall–Kier alpha value is -2.66. The molecule has 1 amide bonds. The van der Waals surface area contributed by atoms with Crippen molar-refractivity contribution in [1.82, 2.24) is 5.43 Å². The molecule has 0 aliphatic carbocycles. The smallest absolute Gasteiger partial charge is 0.277 e. The molecule has 1 N–H and O–H groups in total. The van der Waals surface area contributed by atoms with Crippen LogP contribution in [0.4, 0.5) is 0 Å². The number of aryl methyl sites for hydroxylation is 2. The second-order valence-electron chi connectivity index (χ2n) is 6.04. The summed E-state index contributed by atoms with van der Waals surface area (Å²) in [6.07, 6.45) is 1.65. The molecule has 0 fully saturated rings. The van der Waals surface area contributed by atoms with Gasteiger partial charge in [0.1, 0.15) is 5.75 Å². The van der Waals surface area contributed by atoms with Crippen molar-refractivity contribution >= 4 is 38.8 Å². The molecule has 0 heterocycles. The van der Waals surface area contributed by atoms with E-state index in [1.54, 1.807) is 6.21 Å². The van der Waals surface area contributed by atoms with E-state index in [0.717, 1.165) is 31.9 Å². The number of rotatable bonds is 5. The molecule has 0 aromatic heterocycles. The number of halogens is 1. The van der Waals surface area contributed by atoms with E-state index in [9.17, 15) is 4.79 Å². The van der Waals surface area contributed by atoms with Gasteiger partial charge in [-0.25, -0.2) is 5.43 Å². The minimum Gasteiger partial charge on any atom is -0.482 e. The lowest BCUT2D eigenvalue weighted by molar-refractivity contribution is -0.123. The van der Waals surface area contributed by atoms with Crippen LogP contribution in [-0.2, 0) is 4.79 Å². The van der Waals surface area contributed by atoms with Crippen molar-refractivity contribution in [1.29, 1.82) is 0 Å². The van der Waals surface area contributed by atoms with Gasteiger partial charge in [0.05, 0.1) is 10.7 Å². The molecule has 0 aliphatic heterocycles. The van der Waals surface area contributed by atoms with E-state index < -0.39 is 0 Å². The number of nitrogens with zero attached hydrogens (tertiary/aromatic N) is 1. The van der Waals surface area contributed by atoms with Gasteiger partial charge in [-0.2, -0.15) is 5.10 Å². The average molecular weight is 411 g/mol. The van der Waals surface area contributed by atoms with Gasteiger partial charge < -0.3 is 4.74 Å². The van der Waals surface area contributed by atoms with Crippen molar-refractivity contribution in [3.63, 3.8) is 0 Å². The normalized spacial score (nSPS) is 11.0. The lowest BCUT2D eigenvalue weighted by atomic mass is 10.1. The first-order valence-electron chi connectivity index (χ1n) is 8.24. The fourth-order valence-corrected chi connectivity index (χ4v) is 3.58. The number of benzene rings is 3.